The highest BCUT2D eigenvalue weighted by Gasteiger charge is 2.39. The van der Waals surface area contributed by atoms with Crippen LogP contribution in [0, 0.1) is 5.92 Å². The Kier molecular flexibility index (Phi) is 6.36. The van der Waals surface area contributed by atoms with Crippen LogP contribution in [-0.2, 0) is 16.1 Å². The number of amides is 3. The zero-order chi connectivity index (χ0) is 23.8. The zero-order valence-electron chi connectivity index (χ0n) is 19.7. The van der Waals surface area contributed by atoms with Crippen LogP contribution >= 0.6 is 0 Å². The fourth-order valence-corrected chi connectivity index (χ4v) is 4.59. The van der Waals surface area contributed by atoms with Gasteiger partial charge in [0.25, 0.3) is 5.91 Å². The van der Waals surface area contributed by atoms with Gasteiger partial charge in [0.1, 0.15) is 17.4 Å². The average molecular weight is 456 g/mol. The van der Waals surface area contributed by atoms with Gasteiger partial charge in [-0.05, 0) is 64.5 Å². The van der Waals surface area contributed by atoms with Gasteiger partial charge >= 0.3 is 6.09 Å². The molecule has 1 unspecified atom stereocenters. The Morgan fingerprint density at radius 2 is 1.91 bits per heavy atom. The van der Waals surface area contributed by atoms with Gasteiger partial charge in [-0.2, -0.15) is 0 Å². The zero-order valence-corrected chi connectivity index (χ0v) is 19.7. The second-order valence-electron chi connectivity index (χ2n) is 10.1. The fraction of sp³-hybridized carbons (Fsp3) is 0.560. The molecular weight excluding hydrogens is 422 g/mol. The van der Waals surface area contributed by atoms with Crippen molar-refractivity contribution in [3.8, 4) is 5.75 Å². The molecule has 0 spiro atoms. The highest BCUT2D eigenvalue weighted by molar-refractivity contribution is 6.02. The predicted octanol–water partition coefficient (Wildman–Crippen LogP) is 3.46. The van der Waals surface area contributed by atoms with E-state index in [1.54, 1.807) is 15.9 Å². The molecule has 3 aliphatic rings. The number of likely N-dealkylation sites (tertiary alicyclic amines) is 1. The SMILES string of the molecule is C=C1CCC(N2Cc3c(OCC4CCN(C(=O)OC(C)(C)C)CC4)cccc3C2=O)C(=O)N1. The largest absolute Gasteiger partial charge is 0.493 e. The molecule has 1 aromatic carbocycles. The van der Waals surface area contributed by atoms with E-state index in [2.05, 4.69) is 11.9 Å². The molecule has 8 heteroatoms. The van der Waals surface area contributed by atoms with Gasteiger partial charge in [0.2, 0.25) is 5.91 Å². The number of hydrogen-bond acceptors (Lipinski definition) is 5. The lowest BCUT2D eigenvalue weighted by molar-refractivity contribution is -0.126. The summed E-state index contributed by atoms with van der Waals surface area (Å²) in [7, 11) is 0. The Morgan fingerprint density at radius 1 is 1.18 bits per heavy atom. The number of carbonyl (C=O) groups excluding carboxylic acids is 3. The molecule has 3 heterocycles. The molecule has 1 aromatic rings. The number of carbonyl (C=O) groups is 3. The lowest BCUT2D eigenvalue weighted by Crippen LogP contribution is -2.49. The number of ether oxygens (including phenoxy) is 2. The number of hydrogen-bond donors (Lipinski definition) is 1. The monoisotopic (exact) mass is 455 g/mol. The molecular formula is C25H33N3O5. The topological polar surface area (TPSA) is 88.2 Å². The van der Waals surface area contributed by atoms with Gasteiger partial charge in [-0.15, -0.1) is 0 Å². The third-order valence-corrected chi connectivity index (χ3v) is 6.39. The maximum atomic E-state index is 13.0. The summed E-state index contributed by atoms with van der Waals surface area (Å²) < 4.78 is 11.6. The van der Waals surface area contributed by atoms with E-state index in [1.165, 1.54) is 0 Å². The summed E-state index contributed by atoms with van der Waals surface area (Å²) in [6.07, 6.45) is 2.66. The van der Waals surface area contributed by atoms with Crippen LogP contribution in [0.2, 0.25) is 0 Å². The summed E-state index contributed by atoms with van der Waals surface area (Å²) in [6.45, 7) is 11.6. The van der Waals surface area contributed by atoms with Crippen LogP contribution in [0.3, 0.4) is 0 Å². The van der Waals surface area contributed by atoms with E-state index in [4.69, 9.17) is 9.47 Å². The van der Waals surface area contributed by atoms with Crippen LogP contribution in [0.25, 0.3) is 0 Å². The van der Waals surface area contributed by atoms with Crippen LogP contribution < -0.4 is 10.1 Å². The number of nitrogens with one attached hydrogen (secondary N) is 1. The van der Waals surface area contributed by atoms with E-state index in [0.717, 1.165) is 18.4 Å². The van der Waals surface area contributed by atoms with Gasteiger partial charge in [0.15, 0.2) is 0 Å². The minimum absolute atomic E-state index is 0.131. The Hall–Kier alpha value is -3.03. The van der Waals surface area contributed by atoms with E-state index < -0.39 is 11.6 Å². The molecule has 2 fully saturated rings. The van der Waals surface area contributed by atoms with E-state index in [-0.39, 0.29) is 17.9 Å². The van der Waals surface area contributed by atoms with Gasteiger partial charge < -0.3 is 24.6 Å². The molecule has 0 aliphatic carbocycles. The maximum Gasteiger partial charge on any atom is 0.410 e. The quantitative estimate of drug-likeness (QED) is 0.751. The van der Waals surface area contributed by atoms with E-state index >= 15 is 0 Å². The van der Waals surface area contributed by atoms with Gasteiger partial charge in [0.05, 0.1) is 13.2 Å². The van der Waals surface area contributed by atoms with Crippen LogP contribution in [-0.4, -0.2) is 59.0 Å². The van der Waals surface area contributed by atoms with Gasteiger partial charge in [-0.3, -0.25) is 9.59 Å². The number of nitrogens with zero attached hydrogens (tertiary/aromatic N) is 2. The Morgan fingerprint density at radius 3 is 2.58 bits per heavy atom. The summed E-state index contributed by atoms with van der Waals surface area (Å²) >= 11 is 0. The molecule has 2 saturated heterocycles. The highest BCUT2D eigenvalue weighted by atomic mass is 16.6. The van der Waals surface area contributed by atoms with Crippen LogP contribution in [0.1, 0.15) is 62.4 Å². The van der Waals surface area contributed by atoms with Crippen LogP contribution in [0.5, 0.6) is 5.75 Å². The van der Waals surface area contributed by atoms with Crippen molar-refractivity contribution in [1.29, 1.82) is 0 Å². The molecule has 0 saturated carbocycles. The first-order valence-corrected chi connectivity index (χ1v) is 11.6. The van der Waals surface area contributed by atoms with Crippen molar-refractivity contribution in [2.24, 2.45) is 5.92 Å². The number of fused-ring (bicyclic) bond motifs is 1. The summed E-state index contributed by atoms with van der Waals surface area (Å²) in [5.41, 5.74) is 1.64. The van der Waals surface area contributed by atoms with Gasteiger partial charge in [-0.25, -0.2) is 4.79 Å². The van der Waals surface area contributed by atoms with Crippen molar-refractivity contribution in [2.75, 3.05) is 19.7 Å². The van der Waals surface area contributed by atoms with E-state index in [9.17, 15) is 14.4 Å². The van der Waals surface area contributed by atoms with Gasteiger partial charge in [0, 0.05) is 29.9 Å². The lowest BCUT2D eigenvalue weighted by Gasteiger charge is -2.33. The number of allylic oxidation sites excluding steroid dienone is 1. The molecule has 3 aliphatic heterocycles. The van der Waals surface area contributed by atoms with E-state index in [0.29, 0.717) is 62.0 Å². The molecule has 0 bridgehead atoms. The standard InChI is InChI=1S/C25H33N3O5/c1-16-8-9-20(22(29)26-16)28-14-19-18(23(28)30)6-5-7-21(19)32-15-17-10-12-27(13-11-17)24(31)33-25(2,3)4/h5-7,17,20H,1,8-15H2,2-4H3,(H,26,29). The van der Waals surface area contributed by atoms with Crippen LogP contribution in [0.4, 0.5) is 4.79 Å². The smallest absolute Gasteiger partial charge is 0.410 e. The maximum absolute atomic E-state index is 13.0. The molecule has 8 nitrogen and oxygen atoms in total. The van der Waals surface area contributed by atoms with Crippen molar-refractivity contribution >= 4 is 17.9 Å². The number of rotatable bonds is 4. The third kappa shape index (κ3) is 5.15. The molecule has 1 atom stereocenters. The molecule has 178 valence electrons. The molecule has 3 amide bonds. The van der Waals surface area contributed by atoms with Crippen LogP contribution in [0.15, 0.2) is 30.5 Å². The Bertz CT molecular complexity index is 959. The lowest BCUT2D eigenvalue weighted by atomic mass is 9.98. The normalized spacial score (nSPS) is 21.7. The molecule has 1 N–H and O–H groups in total. The Balaban J connectivity index is 1.34. The number of piperidine rings is 2. The first-order valence-electron chi connectivity index (χ1n) is 11.6. The Labute approximate surface area is 194 Å². The summed E-state index contributed by atoms with van der Waals surface area (Å²) in [5, 5.41) is 2.76. The molecule has 0 aromatic heterocycles. The summed E-state index contributed by atoms with van der Waals surface area (Å²) in [4.78, 5) is 41.1. The fourth-order valence-electron chi connectivity index (χ4n) is 4.59. The van der Waals surface area contributed by atoms with Crippen molar-refractivity contribution < 1.29 is 23.9 Å². The minimum Gasteiger partial charge on any atom is -0.493 e. The minimum atomic E-state index is -0.498. The van der Waals surface area contributed by atoms with Crippen molar-refractivity contribution in [3.63, 3.8) is 0 Å². The van der Waals surface area contributed by atoms with Crippen molar-refractivity contribution in [3.05, 3.63) is 41.6 Å². The molecule has 0 radical (unpaired) electrons. The number of benzene rings is 1. The second kappa shape index (κ2) is 9.08. The summed E-state index contributed by atoms with van der Waals surface area (Å²) in [5.74, 6) is 0.710. The first-order chi connectivity index (χ1) is 15.6. The third-order valence-electron chi connectivity index (χ3n) is 6.39. The first kappa shape index (κ1) is 23.1. The average Bonchev–Trinajstić information content (AvgIpc) is 3.08. The molecule has 33 heavy (non-hydrogen) atoms. The second-order valence-corrected chi connectivity index (χ2v) is 10.1. The van der Waals surface area contributed by atoms with Crippen molar-refractivity contribution in [2.45, 2.75) is 64.6 Å². The highest BCUT2D eigenvalue weighted by Crippen LogP contribution is 2.34. The summed E-state index contributed by atoms with van der Waals surface area (Å²) in [6, 6.07) is 5.02. The van der Waals surface area contributed by atoms with E-state index in [1.807, 2.05) is 32.9 Å². The van der Waals surface area contributed by atoms with Gasteiger partial charge in [-0.1, -0.05) is 12.6 Å². The van der Waals surface area contributed by atoms with Crippen molar-refractivity contribution in [1.82, 2.24) is 15.1 Å². The molecule has 4 rings (SSSR count). The predicted molar refractivity (Wildman–Crippen MR) is 123 cm³/mol.